The summed E-state index contributed by atoms with van der Waals surface area (Å²) < 4.78 is 7.75. The lowest BCUT2D eigenvalue weighted by atomic mass is 10.1. The van der Waals surface area contributed by atoms with Crippen LogP contribution in [0.1, 0.15) is 31.2 Å². The largest absolute Gasteiger partial charge is 0.490 e. The number of benzene rings is 1. The van der Waals surface area contributed by atoms with Crippen LogP contribution in [0.2, 0.25) is 0 Å². The molecule has 0 unspecified atom stereocenters. The highest BCUT2D eigenvalue weighted by atomic mass is 16.5. The summed E-state index contributed by atoms with van der Waals surface area (Å²) in [5.41, 5.74) is 2.09. The van der Waals surface area contributed by atoms with Crippen molar-refractivity contribution in [3.8, 4) is 5.75 Å². The van der Waals surface area contributed by atoms with Gasteiger partial charge in [-0.3, -0.25) is 14.5 Å². The zero-order chi connectivity index (χ0) is 21.6. The molecule has 8 nitrogen and oxygen atoms in total. The molecule has 1 aromatic carbocycles. The molecule has 2 aliphatic rings. The van der Waals surface area contributed by atoms with Crippen molar-refractivity contribution >= 4 is 17.6 Å². The molecule has 0 atom stereocenters. The standard InChI is InChI=1S/C23H32N6O2/c1-24-23(28-13-14-29(22(30)17-28)19-15-26-27(2)16-19)25-12-11-18-7-9-21(10-8-18)31-20-5-3-4-6-20/h7-10,15-16,20H,3-6,11-14,17H2,1-2H3,(H,24,25). The van der Waals surface area contributed by atoms with Gasteiger partial charge < -0.3 is 19.9 Å². The van der Waals surface area contributed by atoms with E-state index in [1.165, 1.54) is 31.2 Å². The summed E-state index contributed by atoms with van der Waals surface area (Å²) in [5.74, 6) is 1.78. The predicted octanol–water partition coefficient (Wildman–Crippen LogP) is 2.21. The van der Waals surface area contributed by atoms with Crippen molar-refractivity contribution in [1.82, 2.24) is 20.0 Å². The number of rotatable bonds is 6. The van der Waals surface area contributed by atoms with Gasteiger partial charge in [-0.05, 0) is 49.8 Å². The van der Waals surface area contributed by atoms with Gasteiger partial charge in [0.15, 0.2) is 5.96 Å². The number of ether oxygens (including phenoxy) is 1. The minimum absolute atomic E-state index is 0.0556. The number of hydrogen-bond donors (Lipinski definition) is 1. The van der Waals surface area contributed by atoms with Gasteiger partial charge in [0.25, 0.3) is 0 Å². The van der Waals surface area contributed by atoms with Gasteiger partial charge in [0.05, 0.1) is 18.0 Å². The second-order valence-corrected chi connectivity index (χ2v) is 8.23. The van der Waals surface area contributed by atoms with Crippen molar-refractivity contribution in [2.75, 3.05) is 38.1 Å². The molecule has 2 heterocycles. The lowest BCUT2D eigenvalue weighted by molar-refractivity contribution is -0.120. The first-order valence-corrected chi connectivity index (χ1v) is 11.1. The highest BCUT2D eigenvalue weighted by Gasteiger charge is 2.27. The van der Waals surface area contributed by atoms with E-state index in [2.05, 4.69) is 39.7 Å². The van der Waals surface area contributed by atoms with Crippen LogP contribution in [-0.4, -0.2) is 65.9 Å². The molecule has 166 valence electrons. The lowest BCUT2D eigenvalue weighted by Crippen LogP contribution is -2.55. The van der Waals surface area contributed by atoms with E-state index in [0.29, 0.717) is 19.2 Å². The number of guanidine groups is 1. The van der Waals surface area contributed by atoms with E-state index in [-0.39, 0.29) is 5.91 Å². The number of piperazine rings is 1. The normalized spacial score (nSPS) is 18.0. The Hall–Kier alpha value is -3.03. The smallest absolute Gasteiger partial charge is 0.246 e. The van der Waals surface area contributed by atoms with Crippen LogP contribution in [0, 0.1) is 0 Å². The van der Waals surface area contributed by atoms with Crippen molar-refractivity contribution < 1.29 is 9.53 Å². The van der Waals surface area contributed by atoms with Gasteiger partial charge >= 0.3 is 0 Å². The Kier molecular flexibility index (Phi) is 6.74. The van der Waals surface area contributed by atoms with E-state index >= 15 is 0 Å². The van der Waals surface area contributed by atoms with E-state index in [4.69, 9.17) is 4.74 Å². The van der Waals surface area contributed by atoms with Crippen molar-refractivity contribution in [2.45, 2.75) is 38.2 Å². The number of carbonyl (C=O) groups is 1. The summed E-state index contributed by atoms with van der Waals surface area (Å²) in [7, 11) is 3.61. The number of amides is 1. The van der Waals surface area contributed by atoms with Crippen LogP contribution in [0.4, 0.5) is 5.69 Å². The Morgan fingerprint density at radius 3 is 2.65 bits per heavy atom. The number of nitrogens with zero attached hydrogens (tertiary/aromatic N) is 5. The molecule has 31 heavy (non-hydrogen) atoms. The fourth-order valence-corrected chi connectivity index (χ4v) is 4.26. The van der Waals surface area contributed by atoms with Crippen LogP contribution in [0.15, 0.2) is 41.7 Å². The average Bonchev–Trinajstić information content (AvgIpc) is 3.44. The lowest BCUT2D eigenvalue weighted by Gasteiger charge is -2.35. The molecule has 2 aromatic rings. The third-order valence-electron chi connectivity index (χ3n) is 5.96. The zero-order valence-electron chi connectivity index (χ0n) is 18.5. The SMILES string of the molecule is CN=C(NCCc1ccc(OC2CCCC2)cc1)N1CCN(c2cnn(C)c2)C(=O)C1. The van der Waals surface area contributed by atoms with E-state index in [1.807, 2.05) is 18.1 Å². The quantitative estimate of drug-likeness (QED) is 0.568. The fraction of sp³-hybridized carbons (Fsp3) is 0.522. The van der Waals surface area contributed by atoms with Crippen LogP contribution in [0.3, 0.4) is 0 Å². The molecule has 0 spiro atoms. The minimum Gasteiger partial charge on any atom is -0.490 e. The van der Waals surface area contributed by atoms with Crippen LogP contribution >= 0.6 is 0 Å². The van der Waals surface area contributed by atoms with E-state index in [9.17, 15) is 4.79 Å². The van der Waals surface area contributed by atoms with Gasteiger partial charge in [-0.1, -0.05) is 12.1 Å². The van der Waals surface area contributed by atoms with Gasteiger partial charge in [0.2, 0.25) is 5.91 Å². The van der Waals surface area contributed by atoms with E-state index in [1.54, 1.807) is 22.8 Å². The topological polar surface area (TPSA) is 75.0 Å². The van der Waals surface area contributed by atoms with Gasteiger partial charge in [-0.2, -0.15) is 5.10 Å². The van der Waals surface area contributed by atoms with Crippen molar-refractivity contribution in [3.63, 3.8) is 0 Å². The molecule has 1 saturated heterocycles. The van der Waals surface area contributed by atoms with Crippen LogP contribution < -0.4 is 15.0 Å². The molecule has 1 N–H and O–H groups in total. The maximum atomic E-state index is 12.6. The summed E-state index contributed by atoms with van der Waals surface area (Å²) >= 11 is 0. The Bertz CT molecular complexity index is 901. The van der Waals surface area contributed by atoms with Gasteiger partial charge in [0.1, 0.15) is 12.3 Å². The number of aryl methyl sites for hydroxylation is 1. The molecule has 2 fully saturated rings. The molecule has 1 aliphatic heterocycles. The van der Waals surface area contributed by atoms with Crippen molar-refractivity contribution in [1.29, 1.82) is 0 Å². The summed E-state index contributed by atoms with van der Waals surface area (Å²) in [6.45, 7) is 2.41. The van der Waals surface area contributed by atoms with E-state index < -0.39 is 0 Å². The first kappa shape index (κ1) is 21.2. The third kappa shape index (κ3) is 5.37. The molecule has 1 saturated carbocycles. The van der Waals surface area contributed by atoms with Crippen LogP contribution in [-0.2, 0) is 18.3 Å². The summed E-state index contributed by atoms with van der Waals surface area (Å²) in [6.07, 6.45) is 9.76. The maximum Gasteiger partial charge on any atom is 0.246 e. The molecule has 8 heteroatoms. The fourth-order valence-electron chi connectivity index (χ4n) is 4.26. The monoisotopic (exact) mass is 424 g/mol. The van der Waals surface area contributed by atoms with Crippen molar-refractivity contribution in [2.24, 2.45) is 12.0 Å². The number of aromatic nitrogens is 2. The zero-order valence-corrected chi connectivity index (χ0v) is 18.5. The molecule has 1 amide bonds. The van der Waals surface area contributed by atoms with Crippen molar-refractivity contribution in [3.05, 3.63) is 42.2 Å². The minimum atomic E-state index is 0.0556. The maximum absolute atomic E-state index is 12.6. The summed E-state index contributed by atoms with van der Waals surface area (Å²) in [6, 6.07) is 8.40. The average molecular weight is 425 g/mol. The van der Waals surface area contributed by atoms with Gasteiger partial charge in [-0.25, -0.2) is 0 Å². The Balaban J connectivity index is 1.24. The van der Waals surface area contributed by atoms with Crippen LogP contribution in [0.5, 0.6) is 5.75 Å². The number of carbonyl (C=O) groups excluding carboxylic acids is 1. The molecule has 0 bridgehead atoms. The van der Waals surface area contributed by atoms with Gasteiger partial charge in [-0.15, -0.1) is 0 Å². The number of aliphatic imine (C=N–C) groups is 1. The Morgan fingerprint density at radius 2 is 2.00 bits per heavy atom. The second-order valence-electron chi connectivity index (χ2n) is 8.23. The molecule has 4 rings (SSSR count). The predicted molar refractivity (Wildman–Crippen MR) is 122 cm³/mol. The van der Waals surface area contributed by atoms with E-state index in [0.717, 1.165) is 36.9 Å². The van der Waals surface area contributed by atoms with Gasteiger partial charge in [0, 0.05) is 39.9 Å². The molecule has 0 radical (unpaired) electrons. The Morgan fingerprint density at radius 1 is 1.23 bits per heavy atom. The molecule has 1 aliphatic carbocycles. The number of hydrogen-bond acceptors (Lipinski definition) is 4. The summed E-state index contributed by atoms with van der Waals surface area (Å²) in [5, 5.41) is 7.56. The first-order valence-electron chi connectivity index (χ1n) is 11.1. The highest BCUT2D eigenvalue weighted by Crippen LogP contribution is 2.24. The highest BCUT2D eigenvalue weighted by molar-refractivity contribution is 5.98. The van der Waals surface area contributed by atoms with Crippen LogP contribution in [0.25, 0.3) is 0 Å². The second kappa shape index (κ2) is 9.85. The third-order valence-corrected chi connectivity index (χ3v) is 5.96. The Labute approximate surface area is 183 Å². The summed E-state index contributed by atoms with van der Waals surface area (Å²) in [4.78, 5) is 20.8. The first-order chi connectivity index (χ1) is 15.1. The number of anilines is 1. The number of nitrogens with one attached hydrogen (secondary N) is 1. The molecular weight excluding hydrogens is 392 g/mol. The molecular formula is C23H32N6O2. The molecule has 1 aromatic heterocycles.